The van der Waals surface area contributed by atoms with Crippen molar-refractivity contribution in [2.75, 3.05) is 21.0 Å². The number of nitrogens with zero attached hydrogens (tertiary/aromatic N) is 1. The molecule has 1 aliphatic heterocycles. The Morgan fingerprint density at radius 3 is 2.41 bits per heavy atom. The van der Waals surface area contributed by atoms with Gasteiger partial charge in [-0.05, 0) is 42.0 Å². The Labute approximate surface area is 168 Å². The molecule has 0 fully saturated rings. The van der Waals surface area contributed by atoms with Crippen molar-refractivity contribution in [3.8, 4) is 23.0 Å². The molecule has 7 heteroatoms. The van der Waals surface area contributed by atoms with E-state index in [0.29, 0.717) is 47.4 Å². The predicted molar refractivity (Wildman–Crippen MR) is 104 cm³/mol. The molecule has 2 aromatic carbocycles. The second-order valence-corrected chi connectivity index (χ2v) is 6.53. The monoisotopic (exact) mass is 395 g/mol. The van der Waals surface area contributed by atoms with Crippen LogP contribution in [0, 0.1) is 0 Å². The van der Waals surface area contributed by atoms with E-state index in [1.165, 1.54) is 0 Å². The minimum Gasteiger partial charge on any atom is -0.497 e. The van der Waals surface area contributed by atoms with Gasteiger partial charge in [-0.15, -0.1) is 0 Å². The van der Waals surface area contributed by atoms with Crippen LogP contribution in [0.25, 0.3) is 0 Å². The summed E-state index contributed by atoms with van der Waals surface area (Å²) in [5, 5.41) is 0. The van der Waals surface area contributed by atoms with E-state index in [2.05, 4.69) is 0 Å². The number of carbonyl (C=O) groups excluding carboxylic acids is 1. The number of furan rings is 1. The SMILES string of the molecule is COc1cc(OC)cc(C(=O)N(Cc2ccc3c(c2)OCO3)Cc2ccco2)c1. The molecule has 0 bridgehead atoms. The maximum absolute atomic E-state index is 13.4. The van der Waals surface area contributed by atoms with E-state index in [0.717, 1.165) is 5.56 Å². The molecule has 7 nitrogen and oxygen atoms in total. The van der Waals surface area contributed by atoms with Crippen LogP contribution in [0.5, 0.6) is 23.0 Å². The first-order valence-electron chi connectivity index (χ1n) is 9.09. The molecule has 1 amide bonds. The zero-order valence-corrected chi connectivity index (χ0v) is 16.2. The van der Waals surface area contributed by atoms with Crippen molar-refractivity contribution in [3.05, 3.63) is 71.7 Å². The molecule has 0 saturated carbocycles. The van der Waals surface area contributed by atoms with Gasteiger partial charge in [-0.2, -0.15) is 0 Å². The average Bonchev–Trinajstić information content (AvgIpc) is 3.43. The van der Waals surface area contributed by atoms with Gasteiger partial charge in [-0.25, -0.2) is 0 Å². The van der Waals surface area contributed by atoms with Crippen molar-refractivity contribution < 1.29 is 28.2 Å². The molecule has 29 heavy (non-hydrogen) atoms. The zero-order chi connectivity index (χ0) is 20.2. The van der Waals surface area contributed by atoms with Crippen LogP contribution in [0.3, 0.4) is 0 Å². The molecule has 4 rings (SSSR count). The summed E-state index contributed by atoms with van der Waals surface area (Å²) in [5.41, 5.74) is 1.39. The van der Waals surface area contributed by atoms with E-state index in [4.69, 9.17) is 23.4 Å². The highest BCUT2D eigenvalue weighted by atomic mass is 16.7. The van der Waals surface area contributed by atoms with E-state index in [9.17, 15) is 4.79 Å². The highest BCUT2D eigenvalue weighted by Gasteiger charge is 2.21. The zero-order valence-electron chi connectivity index (χ0n) is 16.2. The molecule has 0 unspecified atom stereocenters. The van der Waals surface area contributed by atoms with Gasteiger partial charge in [0.05, 0.1) is 27.0 Å². The van der Waals surface area contributed by atoms with Gasteiger partial charge >= 0.3 is 0 Å². The fraction of sp³-hybridized carbons (Fsp3) is 0.227. The van der Waals surface area contributed by atoms with Crippen molar-refractivity contribution in [3.63, 3.8) is 0 Å². The number of hydrogen-bond donors (Lipinski definition) is 0. The lowest BCUT2D eigenvalue weighted by molar-refractivity contribution is 0.0716. The molecule has 0 saturated heterocycles. The third-order valence-corrected chi connectivity index (χ3v) is 4.62. The topological polar surface area (TPSA) is 70.4 Å². The van der Waals surface area contributed by atoms with E-state index in [-0.39, 0.29) is 12.7 Å². The first-order valence-corrected chi connectivity index (χ1v) is 9.09. The molecule has 0 spiro atoms. The van der Waals surface area contributed by atoms with Gasteiger partial charge in [0.2, 0.25) is 6.79 Å². The van der Waals surface area contributed by atoms with E-state index >= 15 is 0 Å². The van der Waals surface area contributed by atoms with Gasteiger partial charge < -0.3 is 28.3 Å². The Bertz CT molecular complexity index is 976. The van der Waals surface area contributed by atoms with Crippen LogP contribution in [0.1, 0.15) is 21.7 Å². The Morgan fingerprint density at radius 1 is 0.966 bits per heavy atom. The maximum Gasteiger partial charge on any atom is 0.254 e. The van der Waals surface area contributed by atoms with Crippen LogP contribution < -0.4 is 18.9 Å². The van der Waals surface area contributed by atoms with Crippen LogP contribution >= 0.6 is 0 Å². The van der Waals surface area contributed by atoms with Crippen LogP contribution in [-0.2, 0) is 13.1 Å². The molecule has 150 valence electrons. The third kappa shape index (κ3) is 4.13. The van der Waals surface area contributed by atoms with Crippen LogP contribution in [0.2, 0.25) is 0 Å². The number of methoxy groups -OCH3 is 2. The van der Waals surface area contributed by atoms with Gasteiger partial charge in [0, 0.05) is 18.2 Å². The number of ether oxygens (including phenoxy) is 4. The second-order valence-electron chi connectivity index (χ2n) is 6.53. The molecule has 1 aliphatic rings. The standard InChI is InChI=1S/C22H21NO6/c1-25-18-9-16(10-19(11-18)26-2)22(24)23(13-17-4-3-7-27-17)12-15-5-6-20-21(8-15)29-14-28-20/h3-11H,12-14H2,1-2H3. The Kier molecular flexibility index (Phi) is 5.29. The highest BCUT2D eigenvalue weighted by molar-refractivity contribution is 5.95. The predicted octanol–water partition coefficient (Wildman–Crippen LogP) is 3.87. The van der Waals surface area contributed by atoms with Gasteiger partial charge in [0.15, 0.2) is 11.5 Å². The average molecular weight is 395 g/mol. The molecule has 2 heterocycles. The van der Waals surface area contributed by atoms with Crippen LogP contribution in [-0.4, -0.2) is 31.8 Å². The fourth-order valence-corrected chi connectivity index (χ4v) is 3.16. The van der Waals surface area contributed by atoms with Crippen molar-refractivity contribution in [2.45, 2.75) is 13.1 Å². The third-order valence-electron chi connectivity index (χ3n) is 4.62. The Morgan fingerprint density at radius 2 is 1.72 bits per heavy atom. The Balaban J connectivity index is 1.64. The lowest BCUT2D eigenvalue weighted by atomic mass is 10.1. The quantitative estimate of drug-likeness (QED) is 0.605. The molecule has 0 aliphatic carbocycles. The minimum absolute atomic E-state index is 0.170. The highest BCUT2D eigenvalue weighted by Crippen LogP contribution is 2.33. The molecule has 3 aromatic rings. The molecular weight excluding hydrogens is 374 g/mol. The van der Waals surface area contributed by atoms with Gasteiger partial charge in [-0.1, -0.05) is 6.07 Å². The van der Waals surface area contributed by atoms with Crippen molar-refractivity contribution in [2.24, 2.45) is 0 Å². The summed E-state index contributed by atoms with van der Waals surface area (Å²) < 4.78 is 26.9. The van der Waals surface area contributed by atoms with Crippen molar-refractivity contribution in [1.29, 1.82) is 0 Å². The number of carbonyl (C=O) groups is 1. The fourth-order valence-electron chi connectivity index (χ4n) is 3.16. The second kappa shape index (κ2) is 8.18. The van der Waals surface area contributed by atoms with Gasteiger partial charge in [-0.3, -0.25) is 4.79 Å². The smallest absolute Gasteiger partial charge is 0.254 e. The normalized spacial score (nSPS) is 11.9. The lowest BCUT2D eigenvalue weighted by Crippen LogP contribution is -2.30. The van der Waals surface area contributed by atoms with Gasteiger partial charge in [0.25, 0.3) is 5.91 Å². The maximum atomic E-state index is 13.4. The van der Waals surface area contributed by atoms with Crippen molar-refractivity contribution >= 4 is 5.91 Å². The summed E-state index contributed by atoms with van der Waals surface area (Å²) in [6.07, 6.45) is 1.59. The largest absolute Gasteiger partial charge is 0.497 e. The number of amides is 1. The summed E-state index contributed by atoms with van der Waals surface area (Å²) in [5.74, 6) is 3.00. The summed E-state index contributed by atoms with van der Waals surface area (Å²) in [7, 11) is 3.10. The first-order chi connectivity index (χ1) is 14.2. The molecular formula is C22H21NO6. The van der Waals surface area contributed by atoms with Crippen LogP contribution in [0.4, 0.5) is 0 Å². The first kappa shape index (κ1) is 18.7. The summed E-state index contributed by atoms with van der Waals surface area (Å²) in [4.78, 5) is 15.1. The number of benzene rings is 2. The minimum atomic E-state index is -0.170. The molecule has 0 atom stereocenters. The lowest BCUT2D eigenvalue weighted by Gasteiger charge is -2.22. The van der Waals surface area contributed by atoms with E-state index in [1.807, 2.05) is 24.3 Å². The summed E-state index contributed by atoms with van der Waals surface area (Å²) >= 11 is 0. The van der Waals surface area contributed by atoms with E-state index in [1.54, 1.807) is 49.6 Å². The molecule has 0 N–H and O–H groups in total. The van der Waals surface area contributed by atoms with Crippen LogP contribution in [0.15, 0.2) is 59.2 Å². The number of fused-ring (bicyclic) bond motifs is 1. The number of rotatable bonds is 7. The summed E-state index contributed by atoms with van der Waals surface area (Å²) in [6, 6.07) is 14.4. The van der Waals surface area contributed by atoms with Crippen molar-refractivity contribution in [1.82, 2.24) is 4.90 Å². The molecule has 1 aromatic heterocycles. The van der Waals surface area contributed by atoms with E-state index < -0.39 is 0 Å². The molecule has 0 radical (unpaired) electrons. The summed E-state index contributed by atoms with van der Waals surface area (Å²) in [6.45, 7) is 0.896. The number of hydrogen-bond acceptors (Lipinski definition) is 6. The van der Waals surface area contributed by atoms with Gasteiger partial charge in [0.1, 0.15) is 17.3 Å². The Hall–Kier alpha value is -3.61.